The van der Waals surface area contributed by atoms with E-state index >= 15 is 0 Å². The molecule has 4 aromatic rings. The summed E-state index contributed by atoms with van der Waals surface area (Å²) < 4.78 is 12.0. The molecule has 2 unspecified atom stereocenters. The number of carbonyl (C=O) groups is 1. The van der Waals surface area contributed by atoms with Crippen molar-refractivity contribution in [2.45, 2.75) is 45.3 Å². The third-order valence-electron chi connectivity index (χ3n) is 5.68. The summed E-state index contributed by atoms with van der Waals surface area (Å²) in [5.41, 5.74) is 0.569. The lowest BCUT2D eigenvalue weighted by molar-refractivity contribution is -0.153. The maximum atomic E-state index is 12.0. The van der Waals surface area contributed by atoms with Gasteiger partial charge in [0.1, 0.15) is 17.6 Å². The molecule has 2 aromatic carbocycles. The fourth-order valence-corrected chi connectivity index (χ4v) is 4.53. The van der Waals surface area contributed by atoms with E-state index in [0.717, 1.165) is 27.3 Å². The molecule has 2 aromatic heterocycles. The zero-order chi connectivity index (χ0) is 24.8. The van der Waals surface area contributed by atoms with E-state index in [-0.39, 0.29) is 12.5 Å². The lowest BCUT2D eigenvalue weighted by atomic mass is 9.96. The molecule has 0 saturated carbocycles. The number of ether oxygens (including phenoxy) is 2. The molecule has 2 heterocycles. The number of rotatable bonds is 10. The molecule has 0 radical (unpaired) electrons. The van der Waals surface area contributed by atoms with Crippen LogP contribution >= 0.6 is 11.3 Å². The van der Waals surface area contributed by atoms with Crippen LogP contribution in [0.1, 0.15) is 42.9 Å². The van der Waals surface area contributed by atoms with Crippen molar-refractivity contribution >= 4 is 17.3 Å². The normalized spacial score (nSPS) is 13.6. The Morgan fingerprint density at radius 2 is 1.66 bits per heavy atom. The molecule has 6 nitrogen and oxygen atoms in total. The van der Waals surface area contributed by atoms with Crippen LogP contribution in [-0.4, -0.2) is 26.6 Å². The molecule has 0 bridgehead atoms. The summed E-state index contributed by atoms with van der Waals surface area (Å²) >= 11 is 1.61. The first-order chi connectivity index (χ1) is 16.9. The number of thiophene rings is 1. The van der Waals surface area contributed by atoms with E-state index in [4.69, 9.17) is 9.47 Å². The third kappa shape index (κ3) is 6.05. The number of benzene rings is 2. The number of nitrogens with zero attached hydrogens (tertiary/aromatic N) is 2. The second kappa shape index (κ2) is 10.7. The van der Waals surface area contributed by atoms with E-state index in [2.05, 4.69) is 16.9 Å². The first-order valence-electron chi connectivity index (χ1n) is 11.5. The van der Waals surface area contributed by atoms with E-state index in [1.54, 1.807) is 30.4 Å². The van der Waals surface area contributed by atoms with Gasteiger partial charge in [0, 0.05) is 23.7 Å². The maximum absolute atomic E-state index is 12.0. The van der Waals surface area contributed by atoms with Crippen LogP contribution in [0.25, 0.3) is 10.7 Å². The maximum Gasteiger partial charge on any atom is 0.348 e. The van der Waals surface area contributed by atoms with Gasteiger partial charge < -0.3 is 14.6 Å². The van der Waals surface area contributed by atoms with Gasteiger partial charge in [-0.2, -0.15) is 0 Å². The predicted molar refractivity (Wildman–Crippen MR) is 137 cm³/mol. The van der Waals surface area contributed by atoms with Crippen molar-refractivity contribution in [3.05, 3.63) is 95.1 Å². The molecule has 1 N–H and O–H groups in total. The average molecular weight is 489 g/mol. The third-order valence-corrected chi connectivity index (χ3v) is 6.92. The Kier molecular flexibility index (Phi) is 7.46. The molecule has 2 atom stereocenters. The molecular formula is C28H28N2O4S. The molecule has 0 spiro atoms. The lowest BCUT2D eigenvalue weighted by Gasteiger charge is -2.26. The Balaban J connectivity index is 1.40. The highest BCUT2D eigenvalue weighted by molar-refractivity contribution is 7.15. The van der Waals surface area contributed by atoms with Crippen molar-refractivity contribution in [3.8, 4) is 22.2 Å². The van der Waals surface area contributed by atoms with Crippen LogP contribution in [0.5, 0.6) is 11.5 Å². The van der Waals surface area contributed by atoms with Gasteiger partial charge in [0.2, 0.25) is 5.60 Å². The monoisotopic (exact) mass is 488 g/mol. The van der Waals surface area contributed by atoms with Crippen LogP contribution in [0.3, 0.4) is 0 Å². The second-order valence-corrected chi connectivity index (χ2v) is 9.62. The van der Waals surface area contributed by atoms with Crippen LogP contribution < -0.4 is 9.47 Å². The highest BCUT2D eigenvalue weighted by atomic mass is 32.1. The van der Waals surface area contributed by atoms with Gasteiger partial charge in [-0.05, 0) is 67.8 Å². The molecule has 180 valence electrons. The average Bonchev–Trinajstić information content (AvgIpc) is 3.36. The van der Waals surface area contributed by atoms with Crippen molar-refractivity contribution in [3.63, 3.8) is 0 Å². The van der Waals surface area contributed by atoms with Gasteiger partial charge >= 0.3 is 5.97 Å². The molecule has 0 fully saturated rings. The second-order valence-electron chi connectivity index (χ2n) is 8.50. The Morgan fingerprint density at radius 3 is 2.29 bits per heavy atom. The summed E-state index contributed by atoms with van der Waals surface area (Å²) in [6, 6.07) is 20.5. The Bertz CT molecular complexity index is 1260. The van der Waals surface area contributed by atoms with Crippen LogP contribution in [0, 0.1) is 0 Å². The number of para-hydroxylation sites is 1. The van der Waals surface area contributed by atoms with Crippen molar-refractivity contribution in [1.82, 2.24) is 9.97 Å². The first kappa shape index (κ1) is 24.4. The van der Waals surface area contributed by atoms with Gasteiger partial charge in [-0.3, -0.25) is 0 Å². The van der Waals surface area contributed by atoms with Gasteiger partial charge in [0.15, 0.2) is 5.82 Å². The van der Waals surface area contributed by atoms with E-state index in [1.165, 1.54) is 0 Å². The highest BCUT2D eigenvalue weighted by Gasteiger charge is 2.36. The number of hydrogen-bond donors (Lipinski definition) is 1. The molecule has 0 saturated heterocycles. The smallest absolute Gasteiger partial charge is 0.348 e. The zero-order valence-corrected chi connectivity index (χ0v) is 20.8. The van der Waals surface area contributed by atoms with Crippen LogP contribution in [-0.2, 0) is 17.6 Å². The molecule has 0 amide bonds. The van der Waals surface area contributed by atoms with Crippen molar-refractivity contribution < 1.29 is 19.4 Å². The first-order valence-corrected chi connectivity index (χ1v) is 12.3. The Hall–Kier alpha value is -3.71. The number of aliphatic carboxylic acids is 1. The van der Waals surface area contributed by atoms with Gasteiger partial charge in [0.25, 0.3) is 0 Å². The van der Waals surface area contributed by atoms with E-state index in [9.17, 15) is 9.90 Å². The molecule has 4 rings (SSSR count). The molecular weight excluding hydrogens is 460 g/mol. The number of aryl methyl sites for hydroxylation is 1. The number of hydrogen-bond acceptors (Lipinski definition) is 6. The van der Waals surface area contributed by atoms with Gasteiger partial charge in [-0.25, -0.2) is 14.8 Å². The fourth-order valence-electron chi connectivity index (χ4n) is 3.60. The lowest BCUT2D eigenvalue weighted by Crippen LogP contribution is -2.43. The van der Waals surface area contributed by atoms with E-state index < -0.39 is 11.6 Å². The van der Waals surface area contributed by atoms with Gasteiger partial charge in [-0.1, -0.05) is 37.3 Å². The summed E-state index contributed by atoms with van der Waals surface area (Å²) in [7, 11) is 0. The SMILES string of the molecule is CCc1cnc(-c2ccc(C(C)Oc3ccc(CC(C)(Oc4ccccc4)C(=O)O)cc3)s2)nc1. The molecule has 35 heavy (non-hydrogen) atoms. The summed E-state index contributed by atoms with van der Waals surface area (Å²) in [5.74, 6) is 0.931. The summed E-state index contributed by atoms with van der Waals surface area (Å²) in [6.07, 6.45) is 4.71. The molecule has 0 aliphatic rings. The quantitative estimate of drug-likeness (QED) is 0.279. The number of aromatic nitrogens is 2. The Labute approximate surface area is 209 Å². The van der Waals surface area contributed by atoms with Crippen LogP contribution in [0.15, 0.2) is 79.1 Å². The van der Waals surface area contributed by atoms with E-state index in [1.807, 2.05) is 73.9 Å². The molecule has 0 aliphatic carbocycles. The van der Waals surface area contributed by atoms with Crippen molar-refractivity contribution in [2.75, 3.05) is 0 Å². The topological polar surface area (TPSA) is 81.5 Å². The van der Waals surface area contributed by atoms with Crippen molar-refractivity contribution in [2.24, 2.45) is 0 Å². The minimum atomic E-state index is -1.39. The molecule has 7 heteroatoms. The fraction of sp³-hybridized carbons (Fsp3) is 0.250. The summed E-state index contributed by atoms with van der Waals surface area (Å²) in [6.45, 7) is 5.67. The zero-order valence-electron chi connectivity index (χ0n) is 20.0. The predicted octanol–water partition coefficient (Wildman–Crippen LogP) is 6.37. The standard InChI is InChI=1S/C28H28N2O4S/c1-4-20-17-29-26(30-18-20)25-15-14-24(35-25)19(2)33-22-12-10-21(11-13-22)16-28(3,27(31)32)34-23-8-6-5-7-9-23/h5-15,17-19H,4,16H2,1-3H3,(H,31,32). The highest BCUT2D eigenvalue weighted by Crippen LogP contribution is 2.32. The largest absolute Gasteiger partial charge is 0.485 e. The van der Waals surface area contributed by atoms with Crippen LogP contribution in [0.2, 0.25) is 0 Å². The van der Waals surface area contributed by atoms with E-state index in [0.29, 0.717) is 17.3 Å². The van der Waals surface area contributed by atoms with Crippen LogP contribution in [0.4, 0.5) is 0 Å². The summed E-state index contributed by atoms with van der Waals surface area (Å²) in [4.78, 5) is 23.0. The van der Waals surface area contributed by atoms with Crippen molar-refractivity contribution in [1.29, 1.82) is 0 Å². The number of carboxylic acid groups (broad SMARTS) is 1. The minimum absolute atomic E-state index is 0.153. The molecule has 0 aliphatic heterocycles. The Morgan fingerprint density at radius 1 is 0.971 bits per heavy atom. The van der Waals surface area contributed by atoms with Gasteiger partial charge in [0.05, 0.1) is 4.88 Å². The summed E-state index contributed by atoms with van der Waals surface area (Å²) in [5, 5.41) is 9.81. The van der Waals surface area contributed by atoms with Gasteiger partial charge in [-0.15, -0.1) is 11.3 Å². The minimum Gasteiger partial charge on any atom is -0.485 e. The number of carboxylic acids is 1.